The summed E-state index contributed by atoms with van der Waals surface area (Å²) >= 11 is 0. The molecular weight excluding hydrogens is 204 g/mol. The van der Waals surface area contributed by atoms with Gasteiger partial charge in [0.15, 0.2) is 0 Å². The molecule has 0 heterocycles. The molecule has 2 N–H and O–H groups in total. The van der Waals surface area contributed by atoms with Crippen LogP contribution < -0.4 is 10.6 Å². The molecule has 14 heavy (non-hydrogen) atoms. The Bertz CT molecular complexity index is 440. The van der Waals surface area contributed by atoms with Crippen LogP contribution in [0.1, 0.15) is 0 Å². The minimum atomic E-state index is -4.26. The molecule has 0 aliphatic heterocycles. The molecule has 0 fully saturated rings. The Balaban J connectivity index is 3.46. The van der Waals surface area contributed by atoms with Crippen molar-refractivity contribution in [2.75, 3.05) is 19.0 Å². The highest BCUT2D eigenvalue weighted by Crippen LogP contribution is 2.25. The van der Waals surface area contributed by atoms with E-state index in [1.807, 2.05) is 0 Å². The third kappa shape index (κ3) is 2.15. The largest absolute Gasteiger partial charge is 0.377 e. The summed E-state index contributed by atoms with van der Waals surface area (Å²) in [6.45, 7) is 0. The van der Waals surface area contributed by atoms with Crippen LogP contribution in [-0.4, -0.2) is 27.1 Å². The Morgan fingerprint density at radius 3 is 2.36 bits per heavy atom. The van der Waals surface area contributed by atoms with Crippen molar-refractivity contribution in [1.82, 2.24) is 5.73 Å². The van der Waals surface area contributed by atoms with E-state index in [4.69, 9.17) is 10.3 Å². The average Bonchev–Trinajstić information content (AvgIpc) is 2.01. The van der Waals surface area contributed by atoms with Gasteiger partial charge in [-0.15, -0.1) is 0 Å². The molecule has 0 saturated carbocycles. The number of nitrogens with zero attached hydrogens (tertiary/aromatic N) is 1. The molecule has 5 nitrogen and oxygen atoms in total. The Morgan fingerprint density at radius 1 is 1.36 bits per heavy atom. The smallest absolute Gasteiger partial charge is 0.296 e. The highest BCUT2D eigenvalue weighted by atomic mass is 32.2. The van der Waals surface area contributed by atoms with Gasteiger partial charge in [0.05, 0.1) is 11.4 Å². The first-order valence-corrected chi connectivity index (χ1v) is 5.27. The zero-order chi connectivity index (χ0) is 10.9. The van der Waals surface area contributed by atoms with Gasteiger partial charge in [0.1, 0.15) is 4.90 Å². The fourth-order valence-corrected chi connectivity index (χ4v) is 1.88. The Morgan fingerprint density at radius 2 is 1.93 bits per heavy atom. The van der Waals surface area contributed by atoms with Gasteiger partial charge in [-0.2, -0.15) is 8.42 Å². The monoisotopic (exact) mass is 215 g/mol. The summed E-state index contributed by atoms with van der Waals surface area (Å²) in [7, 11) is -0.942. The number of hydrogen-bond donors (Lipinski definition) is 1. The highest BCUT2D eigenvalue weighted by molar-refractivity contribution is 7.86. The van der Waals surface area contributed by atoms with Crippen LogP contribution in [0.3, 0.4) is 0 Å². The molecule has 0 bridgehead atoms. The molecule has 0 spiro atoms. The van der Waals surface area contributed by atoms with Gasteiger partial charge < -0.3 is 10.6 Å². The fraction of sp³-hybridized carbons (Fsp3) is 0.250. The molecule has 0 atom stereocenters. The number of hydrogen-bond acceptors (Lipinski definition) is 3. The fourth-order valence-electron chi connectivity index (χ4n) is 1.09. The molecule has 0 amide bonds. The predicted octanol–water partition coefficient (Wildman–Crippen LogP) is 0.914. The van der Waals surface area contributed by atoms with E-state index in [-0.39, 0.29) is 10.6 Å². The molecular formula is C8H11N2O3S. The summed E-state index contributed by atoms with van der Waals surface area (Å²) in [5.41, 5.74) is 7.67. The second-order valence-electron chi connectivity index (χ2n) is 3.05. The maximum absolute atomic E-state index is 11.0. The van der Waals surface area contributed by atoms with E-state index in [2.05, 4.69) is 0 Å². The van der Waals surface area contributed by atoms with Crippen molar-refractivity contribution in [3.63, 3.8) is 0 Å². The molecule has 0 unspecified atom stereocenters. The quantitative estimate of drug-likeness (QED) is 0.743. The normalized spacial score (nSPS) is 11.4. The third-order valence-electron chi connectivity index (χ3n) is 1.72. The second kappa shape index (κ2) is 3.47. The lowest BCUT2D eigenvalue weighted by molar-refractivity contribution is 0.483. The lowest BCUT2D eigenvalue weighted by Crippen LogP contribution is -2.13. The van der Waals surface area contributed by atoms with Crippen LogP contribution in [0.5, 0.6) is 0 Å². The van der Waals surface area contributed by atoms with Crippen LogP contribution in [0.4, 0.5) is 11.4 Å². The van der Waals surface area contributed by atoms with Gasteiger partial charge in [-0.05, 0) is 18.2 Å². The van der Waals surface area contributed by atoms with E-state index in [1.54, 1.807) is 19.0 Å². The molecule has 0 saturated heterocycles. The molecule has 1 rings (SSSR count). The number of rotatable bonds is 2. The first kappa shape index (κ1) is 10.8. The topological polar surface area (TPSA) is 81.4 Å². The van der Waals surface area contributed by atoms with Crippen molar-refractivity contribution < 1.29 is 13.0 Å². The van der Waals surface area contributed by atoms with Gasteiger partial charge in [0.2, 0.25) is 0 Å². The van der Waals surface area contributed by atoms with Crippen LogP contribution in [0, 0.1) is 0 Å². The van der Waals surface area contributed by atoms with Crippen LogP contribution >= 0.6 is 0 Å². The average molecular weight is 215 g/mol. The minimum absolute atomic E-state index is 0.0447. The lowest BCUT2D eigenvalue weighted by atomic mass is 10.3. The van der Waals surface area contributed by atoms with Crippen molar-refractivity contribution in [3.05, 3.63) is 18.2 Å². The minimum Gasteiger partial charge on any atom is -0.377 e. The lowest BCUT2D eigenvalue weighted by Gasteiger charge is -2.15. The zero-order valence-electron chi connectivity index (χ0n) is 7.85. The summed E-state index contributed by atoms with van der Waals surface area (Å²) in [5.74, 6) is 0. The summed E-state index contributed by atoms with van der Waals surface area (Å²) in [6, 6.07) is 4.06. The van der Waals surface area contributed by atoms with Crippen molar-refractivity contribution >= 4 is 21.5 Å². The van der Waals surface area contributed by atoms with Gasteiger partial charge in [0.25, 0.3) is 10.1 Å². The number of anilines is 1. The zero-order valence-corrected chi connectivity index (χ0v) is 8.67. The number of nitrogens with one attached hydrogen (secondary N) is 1. The summed E-state index contributed by atoms with van der Waals surface area (Å²) < 4.78 is 30.8. The van der Waals surface area contributed by atoms with Crippen LogP contribution in [0.15, 0.2) is 23.1 Å². The summed E-state index contributed by atoms with van der Waals surface area (Å²) in [4.78, 5) is 1.32. The molecule has 0 aromatic heterocycles. The van der Waals surface area contributed by atoms with E-state index in [1.165, 1.54) is 12.1 Å². The molecule has 0 aliphatic carbocycles. The van der Waals surface area contributed by atoms with E-state index >= 15 is 0 Å². The third-order valence-corrected chi connectivity index (χ3v) is 2.60. The van der Waals surface area contributed by atoms with Crippen molar-refractivity contribution in [3.8, 4) is 0 Å². The van der Waals surface area contributed by atoms with E-state index in [9.17, 15) is 8.42 Å². The second-order valence-corrected chi connectivity index (χ2v) is 4.44. The molecule has 6 heteroatoms. The molecule has 0 aliphatic rings. The maximum atomic E-state index is 11.0. The van der Waals surface area contributed by atoms with Crippen molar-refractivity contribution in [1.29, 1.82) is 0 Å². The Labute approximate surface area is 82.9 Å². The Kier molecular flexibility index (Phi) is 2.68. The van der Waals surface area contributed by atoms with Crippen LogP contribution in [-0.2, 0) is 10.1 Å². The van der Waals surface area contributed by atoms with Gasteiger partial charge >= 0.3 is 0 Å². The summed E-state index contributed by atoms with van der Waals surface area (Å²) in [6.07, 6.45) is 0. The highest BCUT2D eigenvalue weighted by Gasteiger charge is 2.16. The van der Waals surface area contributed by atoms with Crippen LogP contribution in [0.25, 0.3) is 0 Å². The van der Waals surface area contributed by atoms with E-state index < -0.39 is 10.1 Å². The molecule has 1 radical (unpaired) electrons. The van der Waals surface area contributed by atoms with Crippen LogP contribution in [0.2, 0.25) is 0 Å². The van der Waals surface area contributed by atoms with E-state index in [0.717, 1.165) is 6.07 Å². The van der Waals surface area contributed by atoms with Gasteiger partial charge in [-0.1, -0.05) is 0 Å². The Hall–Kier alpha value is -1.27. The van der Waals surface area contributed by atoms with Gasteiger partial charge in [-0.25, -0.2) is 0 Å². The standard InChI is InChI=1S/C8H11N2O3S/c1-10(2)7-4-3-6(9)5-8(7)14(11,12)13/h3-5,9H,1-2H3,(H,11,12,13). The van der Waals surface area contributed by atoms with Gasteiger partial charge in [-0.3, -0.25) is 4.55 Å². The molecule has 1 aromatic carbocycles. The van der Waals surface area contributed by atoms with Crippen molar-refractivity contribution in [2.45, 2.75) is 4.90 Å². The predicted molar refractivity (Wildman–Crippen MR) is 53.3 cm³/mol. The SMILES string of the molecule is CN(C)c1ccc([NH])cc1S(=O)(=O)O. The van der Waals surface area contributed by atoms with Crippen molar-refractivity contribution in [2.24, 2.45) is 0 Å². The molecule has 1 aromatic rings. The first-order valence-electron chi connectivity index (χ1n) is 3.83. The number of benzene rings is 1. The maximum Gasteiger partial charge on any atom is 0.296 e. The molecule has 77 valence electrons. The van der Waals surface area contributed by atoms with Gasteiger partial charge in [0, 0.05) is 14.1 Å². The summed E-state index contributed by atoms with van der Waals surface area (Å²) in [5, 5.41) is 0. The first-order chi connectivity index (χ1) is 6.32. The van der Waals surface area contributed by atoms with E-state index in [0.29, 0.717) is 5.69 Å².